The topological polar surface area (TPSA) is 69.7 Å². The molecule has 0 aliphatic carbocycles. The first-order valence-electron chi connectivity index (χ1n) is 10.6. The van der Waals surface area contributed by atoms with Gasteiger partial charge in [0.25, 0.3) is 0 Å². The van der Waals surface area contributed by atoms with E-state index in [9.17, 15) is 13.2 Å². The molecule has 0 spiro atoms. The monoisotopic (exact) mass is 429 g/mol. The van der Waals surface area contributed by atoms with Gasteiger partial charge in [0.2, 0.25) is 15.9 Å². The Hall–Kier alpha value is -2.22. The fourth-order valence-electron chi connectivity index (χ4n) is 3.89. The van der Waals surface area contributed by atoms with E-state index < -0.39 is 10.0 Å². The molecule has 1 saturated heterocycles. The number of benzene rings is 2. The van der Waals surface area contributed by atoms with Crippen molar-refractivity contribution in [1.82, 2.24) is 14.5 Å². The maximum atomic E-state index is 13.0. The van der Waals surface area contributed by atoms with Crippen LogP contribution in [0.3, 0.4) is 0 Å². The van der Waals surface area contributed by atoms with Crippen molar-refractivity contribution >= 4 is 15.9 Å². The van der Waals surface area contributed by atoms with Gasteiger partial charge in [0.1, 0.15) is 6.04 Å². The second kappa shape index (κ2) is 10.2. The van der Waals surface area contributed by atoms with Crippen LogP contribution in [-0.4, -0.2) is 49.7 Å². The highest BCUT2D eigenvalue weighted by atomic mass is 32.2. The lowest BCUT2D eigenvalue weighted by atomic mass is 10.0. The number of nitrogens with one attached hydrogen (secondary N) is 1. The summed E-state index contributed by atoms with van der Waals surface area (Å²) in [6.45, 7) is 7.17. The first kappa shape index (κ1) is 22.5. The highest BCUT2D eigenvalue weighted by molar-refractivity contribution is 7.89. The molecule has 1 atom stereocenters. The van der Waals surface area contributed by atoms with E-state index in [-0.39, 0.29) is 11.9 Å². The van der Waals surface area contributed by atoms with Gasteiger partial charge in [-0.05, 0) is 49.2 Å². The third-order valence-electron chi connectivity index (χ3n) is 5.63. The van der Waals surface area contributed by atoms with Crippen LogP contribution >= 0.6 is 0 Å². The summed E-state index contributed by atoms with van der Waals surface area (Å²) in [6.07, 6.45) is 1.83. The van der Waals surface area contributed by atoms with Gasteiger partial charge < -0.3 is 5.32 Å². The van der Waals surface area contributed by atoms with E-state index in [1.165, 1.54) is 0 Å². The number of nitrogens with zero attached hydrogens (tertiary/aromatic N) is 2. The molecule has 0 aromatic heterocycles. The molecule has 1 aliphatic heterocycles. The first-order chi connectivity index (χ1) is 14.5. The highest BCUT2D eigenvalue weighted by Gasteiger charge is 2.27. The number of hydrogen-bond acceptors (Lipinski definition) is 4. The lowest BCUT2D eigenvalue weighted by Crippen LogP contribution is -2.40. The second-order valence-corrected chi connectivity index (χ2v) is 9.45. The lowest BCUT2D eigenvalue weighted by Gasteiger charge is -2.29. The van der Waals surface area contributed by atoms with Crippen LogP contribution in [0.5, 0.6) is 0 Å². The van der Waals surface area contributed by atoms with Crippen molar-refractivity contribution < 1.29 is 13.2 Å². The smallest absolute Gasteiger partial charge is 0.243 e. The van der Waals surface area contributed by atoms with Crippen LogP contribution in [0.4, 0.5) is 0 Å². The van der Waals surface area contributed by atoms with Crippen molar-refractivity contribution in [2.75, 3.05) is 26.2 Å². The first-order valence-corrected chi connectivity index (χ1v) is 12.1. The van der Waals surface area contributed by atoms with Gasteiger partial charge in [-0.15, -0.1) is 0 Å². The Bertz CT molecular complexity index is 920. The minimum Gasteiger partial charge on any atom is -0.350 e. The summed E-state index contributed by atoms with van der Waals surface area (Å²) in [7, 11) is -3.41. The molecule has 0 radical (unpaired) electrons. The molecule has 2 aromatic rings. The molecule has 1 heterocycles. The average molecular weight is 430 g/mol. The second-order valence-electron chi connectivity index (χ2n) is 7.51. The van der Waals surface area contributed by atoms with E-state index in [2.05, 4.69) is 10.2 Å². The normalized spacial score (nSPS) is 16.0. The number of likely N-dealkylation sites (N-methyl/N-ethyl adjacent to an activating group) is 1. The van der Waals surface area contributed by atoms with E-state index in [0.717, 1.165) is 37.1 Å². The molecular formula is C23H31N3O3S. The van der Waals surface area contributed by atoms with Gasteiger partial charge in [0.15, 0.2) is 0 Å². The minimum atomic E-state index is -3.41. The predicted octanol–water partition coefficient (Wildman–Crippen LogP) is 3.17. The molecule has 3 rings (SSSR count). The molecule has 1 N–H and O–H groups in total. The maximum absolute atomic E-state index is 13.0. The molecular weight excluding hydrogens is 398 g/mol. The Morgan fingerprint density at radius 1 is 1.00 bits per heavy atom. The van der Waals surface area contributed by atoms with E-state index in [0.29, 0.717) is 24.5 Å². The van der Waals surface area contributed by atoms with Crippen LogP contribution in [0.15, 0.2) is 59.5 Å². The molecule has 162 valence electrons. The van der Waals surface area contributed by atoms with Crippen LogP contribution in [0.25, 0.3) is 0 Å². The molecule has 6 nitrogen and oxygen atoms in total. The molecule has 0 saturated carbocycles. The molecule has 30 heavy (non-hydrogen) atoms. The summed E-state index contributed by atoms with van der Waals surface area (Å²) < 4.78 is 26.8. The standard InChI is InChI=1S/C23H31N3O3S/c1-3-25(4-2)22(20-10-6-5-7-11-20)23(27)24-18-19-12-14-21(15-13-19)30(28,29)26-16-8-9-17-26/h5-7,10-15,22H,3-4,8-9,16-18H2,1-2H3,(H,24,27). The van der Waals surface area contributed by atoms with Gasteiger partial charge >= 0.3 is 0 Å². The number of sulfonamides is 1. The van der Waals surface area contributed by atoms with Gasteiger partial charge in [-0.2, -0.15) is 4.31 Å². The third kappa shape index (κ3) is 5.09. The fourth-order valence-corrected chi connectivity index (χ4v) is 5.41. The van der Waals surface area contributed by atoms with Gasteiger partial charge in [-0.1, -0.05) is 56.3 Å². The van der Waals surface area contributed by atoms with Gasteiger partial charge in [0, 0.05) is 19.6 Å². The highest BCUT2D eigenvalue weighted by Crippen LogP contribution is 2.22. The van der Waals surface area contributed by atoms with E-state index >= 15 is 0 Å². The zero-order valence-corrected chi connectivity index (χ0v) is 18.6. The Balaban J connectivity index is 1.68. The number of rotatable bonds is 9. The summed E-state index contributed by atoms with van der Waals surface area (Å²) >= 11 is 0. The molecule has 0 bridgehead atoms. The number of carbonyl (C=O) groups is 1. The Morgan fingerprint density at radius 2 is 1.60 bits per heavy atom. The Kier molecular flexibility index (Phi) is 7.64. The van der Waals surface area contributed by atoms with Crippen molar-refractivity contribution in [1.29, 1.82) is 0 Å². The lowest BCUT2D eigenvalue weighted by molar-refractivity contribution is -0.126. The molecule has 1 fully saturated rings. The van der Waals surface area contributed by atoms with Crippen LogP contribution in [-0.2, 0) is 21.4 Å². The van der Waals surface area contributed by atoms with Crippen molar-refractivity contribution in [3.8, 4) is 0 Å². The minimum absolute atomic E-state index is 0.0568. The van der Waals surface area contributed by atoms with E-state index in [1.807, 2.05) is 44.2 Å². The zero-order chi connectivity index (χ0) is 21.6. The van der Waals surface area contributed by atoms with Gasteiger partial charge in [-0.3, -0.25) is 9.69 Å². The largest absolute Gasteiger partial charge is 0.350 e. The number of carbonyl (C=O) groups excluding carboxylic acids is 1. The Labute approximate surface area is 179 Å². The van der Waals surface area contributed by atoms with Crippen LogP contribution < -0.4 is 5.32 Å². The molecule has 7 heteroatoms. The van der Waals surface area contributed by atoms with Gasteiger partial charge in [-0.25, -0.2) is 8.42 Å². The summed E-state index contributed by atoms with van der Waals surface area (Å²) in [5, 5.41) is 3.02. The predicted molar refractivity (Wildman–Crippen MR) is 118 cm³/mol. The van der Waals surface area contributed by atoms with Crippen molar-refractivity contribution in [2.24, 2.45) is 0 Å². The van der Waals surface area contributed by atoms with Crippen molar-refractivity contribution in [3.63, 3.8) is 0 Å². The fraction of sp³-hybridized carbons (Fsp3) is 0.435. The quantitative estimate of drug-likeness (QED) is 0.665. The number of amides is 1. The average Bonchev–Trinajstić information content (AvgIpc) is 3.32. The van der Waals surface area contributed by atoms with E-state index in [4.69, 9.17) is 0 Å². The molecule has 1 aliphatic rings. The Morgan fingerprint density at radius 3 is 2.17 bits per heavy atom. The summed E-state index contributed by atoms with van der Waals surface area (Å²) in [5.41, 5.74) is 1.83. The van der Waals surface area contributed by atoms with Gasteiger partial charge in [0.05, 0.1) is 4.90 Å². The molecule has 2 aromatic carbocycles. The van der Waals surface area contributed by atoms with Crippen LogP contribution in [0.1, 0.15) is 43.9 Å². The third-order valence-corrected chi connectivity index (χ3v) is 7.55. The maximum Gasteiger partial charge on any atom is 0.243 e. The summed E-state index contributed by atoms with van der Waals surface area (Å²) in [4.78, 5) is 15.5. The molecule has 1 amide bonds. The van der Waals surface area contributed by atoms with Crippen LogP contribution in [0, 0.1) is 0 Å². The zero-order valence-electron chi connectivity index (χ0n) is 17.8. The SMILES string of the molecule is CCN(CC)C(C(=O)NCc1ccc(S(=O)(=O)N2CCCC2)cc1)c1ccccc1. The summed E-state index contributed by atoms with van der Waals surface area (Å²) in [6, 6.07) is 16.2. The van der Waals surface area contributed by atoms with E-state index in [1.54, 1.807) is 28.6 Å². The van der Waals surface area contributed by atoms with Crippen molar-refractivity contribution in [2.45, 2.75) is 44.2 Å². The molecule has 1 unspecified atom stereocenters. The van der Waals surface area contributed by atoms with Crippen LogP contribution in [0.2, 0.25) is 0 Å². The number of hydrogen-bond donors (Lipinski definition) is 1. The summed E-state index contributed by atoms with van der Waals surface area (Å²) in [5.74, 6) is -0.0568. The van der Waals surface area contributed by atoms with Crippen molar-refractivity contribution in [3.05, 3.63) is 65.7 Å².